The fourth-order valence-corrected chi connectivity index (χ4v) is 2.45. The van der Waals surface area contributed by atoms with Crippen LogP contribution in [-0.4, -0.2) is 13.2 Å². The molecule has 0 aliphatic heterocycles. The van der Waals surface area contributed by atoms with E-state index in [1.54, 1.807) is 7.11 Å². The van der Waals surface area contributed by atoms with Gasteiger partial charge in [0.1, 0.15) is 5.75 Å². The van der Waals surface area contributed by atoms with Crippen molar-refractivity contribution in [2.75, 3.05) is 7.11 Å². The Hall–Kier alpha value is -1.02. The number of ether oxygens (including phenoxy) is 1. The maximum atomic E-state index is 5.35. The molecule has 1 N–H and O–H groups in total. The minimum absolute atomic E-state index is 0.602. The van der Waals surface area contributed by atoms with E-state index in [2.05, 4.69) is 24.4 Å². The topological polar surface area (TPSA) is 21.3 Å². The summed E-state index contributed by atoms with van der Waals surface area (Å²) in [6.45, 7) is 3.19. The van der Waals surface area contributed by atoms with E-state index in [-0.39, 0.29) is 0 Å². The molecule has 1 aliphatic rings. The van der Waals surface area contributed by atoms with Crippen molar-refractivity contribution in [2.45, 2.75) is 45.2 Å². The predicted molar refractivity (Wildman–Crippen MR) is 71.3 cm³/mol. The Kier molecular flexibility index (Phi) is 4.43. The van der Waals surface area contributed by atoms with Crippen molar-refractivity contribution in [3.05, 3.63) is 29.8 Å². The number of para-hydroxylation sites is 1. The van der Waals surface area contributed by atoms with E-state index in [1.165, 1.54) is 31.2 Å². The van der Waals surface area contributed by atoms with Crippen molar-refractivity contribution in [2.24, 2.45) is 5.92 Å². The Morgan fingerprint density at radius 1 is 1.35 bits per heavy atom. The summed E-state index contributed by atoms with van der Waals surface area (Å²) in [5.74, 6) is 1.95. The van der Waals surface area contributed by atoms with Crippen LogP contribution in [0.4, 0.5) is 0 Å². The van der Waals surface area contributed by atoms with Gasteiger partial charge in [-0.2, -0.15) is 0 Å². The maximum Gasteiger partial charge on any atom is 0.123 e. The zero-order valence-electron chi connectivity index (χ0n) is 10.9. The van der Waals surface area contributed by atoms with E-state index in [1.807, 2.05) is 12.1 Å². The van der Waals surface area contributed by atoms with Crippen molar-refractivity contribution in [1.82, 2.24) is 5.32 Å². The smallest absolute Gasteiger partial charge is 0.123 e. The van der Waals surface area contributed by atoms with Crippen LogP contribution in [-0.2, 0) is 6.54 Å². The van der Waals surface area contributed by atoms with Crippen molar-refractivity contribution < 1.29 is 4.74 Å². The van der Waals surface area contributed by atoms with E-state index in [0.29, 0.717) is 6.04 Å². The lowest BCUT2D eigenvalue weighted by Gasteiger charge is -2.28. The van der Waals surface area contributed by atoms with E-state index in [0.717, 1.165) is 18.2 Å². The molecule has 2 heteroatoms. The molecule has 1 fully saturated rings. The summed E-state index contributed by atoms with van der Waals surface area (Å²) >= 11 is 0. The van der Waals surface area contributed by atoms with E-state index in [4.69, 9.17) is 4.74 Å². The molecule has 0 radical (unpaired) electrons. The molecule has 0 spiro atoms. The zero-order chi connectivity index (χ0) is 12.1. The standard InChI is InChI=1S/C15H23NO/c1-12(10-13-6-5-7-13)16-11-14-8-3-4-9-15(14)17-2/h3-4,8-9,12-13,16H,5-7,10-11H2,1-2H3. The van der Waals surface area contributed by atoms with Gasteiger partial charge in [-0.05, 0) is 25.3 Å². The van der Waals surface area contributed by atoms with Crippen LogP contribution in [0.2, 0.25) is 0 Å². The Bertz CT molecular complexity index is 347. The van der Waals surface area contributed by atoms with Gasteiger partial charge in [0.2, 0.25) is 0 Å². The van der Waals surface area contributed by atoms with Gasteiger partial charge in [0, 0.05) is 18.2 Å². The van der Waals surface area contributed by atoms with Crippen LogP contribution in [0.3, 0.4) is 0 Å². The number of hydrogen-bond donors (Lipinski definition) is 1. The molecular weight excluding hydrogens is 210 g/mol. The number of benzene rings is 1. The highest BCUT2D eigenvalue weighted by atomic mass is 16.5. The van der Waals surface area contributed by atoms with E-state index in [9.17, 15) is 0 Å². The summed E-state index contributed by atoms with van der Waals surface area (Å²) in [6.07, 6.45) is 5.61. The van der Waals surface area contributed by atoms with Crippen LogP contribution in [0.25, 0.3) is 0 Å². The van der Waals surface area contributed by atoms with Gasteiger partial charge in [-0.1, -0.05) is 37.5 Å². The second kappa shape index (κ2) is 6.06. The summed E-state index contributed by atoms with van der Waals surface area (Å²) in [7, 11) is 1.73. The van der Waals surface area contributed by atoms with Crippen LogP contribution in [0, 0.1) is 5.92 Å². The van der Waals surface area contributed by atoms with Gasteiger partial charge in [-0.3, -0.25) is 0 Å². The summed E-state index contributed by atoms with van der Waals surface area (Å²) in [5, 5.41) is 3.59. The second-order valence-corrected chi connectivity index (χ2v) is 5.13. The summed E-state index contributed by atoms with van der Waals surface area (Å²) in [4.78, 5) is 0. The third-order valence-electron chi connectivity index (χ3n) is 3.75. The van der Waals surface area contributed by atoms with Crippen LogP contribution in [0.15, 0.2) is 24.3 Å². The first-order valence-corrected chi connectivity index (χ1v) is 6.65. The third kappa shape index (κ3) is 3.47. The van der Waals surface area contributed by atoms with Gasteiger partial charge in [0.25, 0.3) is 0 Å². The molecule has 1 aliphatic carbocycles. The number of nitrogens with one attached hydrogen (secondary N) is 1. The molecule has 1 unspecified atom stereocenters. The summed E-state index contributed by atoms with van der Waals surface area (Å²) in [6, 6.07) is 8.83. The lowest BCUT2D eigenvalue weighted by atomic mass is 9.81. The molecule has 0 heterocycles. The second-order valence-electron chi connectivity index (χ2n) is 5.13. The van der Waals surface area contributed by atoms with Crippen molar-refractivity contribution in [1.29, 1.82) is 0 Å². The fraction of sp³-hybridized carbons (Fsp3) is 0.600. The number of hydrogen-bond acceptors (Lipinski definition) is 2. The minimum Gasteiger partial charge on any atom is -0.496 e. The highest BCUT2D eigenvalue weighted by Gasteiger charge is 2.19. The number of rotatable bonds is 6. The highest BCUT2D eigenvalue weighted by Crippen LogP contribution is 2.30. The monoisotopic (exact) mass is 233 g/mol. The largest absolute Gasteiger partial charge is 0.496 e. The first-order chi connectivity index (χ1) is 8.29. The molecule has 17 heavy (non-hydrogen) atoms. The molecule has 2 nitrogen and oxygen atoms in total. The lowest BCUT2D eigenvalue weighted by Crippen LogP contribution is -2.29. The number of methoxy groups -OCH3 is 1. The Morgan fingerprint density at radius 3 is 2.76 bits per heavy atom. The molecule has 1 saturated carbocycles. The maximum absolute atomic E-state index is 5.35. The zero-order valence-corrected chi connectivity index (χ0v) is 10.9. The van der Waals surface area contributed by atoms with Gasteiger partial charge in [-0.15, -0.1) is 0 Å². The first kappa shape index (κ1) is 12.4. The van der Waals surface area contributed by atoms with Gasteiger partial charge >= 0.3 is 0 Å². The fourth-order valence-electron chi connectivity index (χ4n) is 2.45. The minimum atomic E-state index is 0.602. The van der Waals surface area contributed by atoms with Crippen LogP contribution >= 0.6 is 0 Å². The normalized spacial score (nSPS) is 17.5. The third-order valence-corrected chi connectivity index (χ3v) is 3.75. The molecule has 1 atom stereocenters. The van der Waals surface area contributed by atoms with Gasteiger partial charge < -0.3 is 10.1 Å². The predicted octanol–water partition coefficient (Wildman–Crippen LogP) is 3.36. The summed E-state index contributed by atoms with van der Waals surface area (Å²) < 4.78 is 5.35. The van der Waals surface area contributed by atoms with Gasteiger partial charge in [0.15, 0.2) is 0 Å². The van der Waals surface area contributed by atoms with Gasteiger partial charge in [0.05, 0.1) is 7.11 Å². The first-order valence-electron chi connectivity index (χ1n) is 6.65. The van der Waals surface area contributed by atoms with Crippen LogP contribution in [0.5, 0.6) is 5.75 Å². The molecule has 94 valence electrons. The van der Waals surface area contributed by atoms with Gasteiger partial charge in [-0.25, -0.2) is 0 Å². The lowest BCUT2D eigenvalue weighted by molar-refractivity contribution is 0.265. The van der Waals surface area contributed by atoms with E-state index < -0.39 is 0 Å². The quantitative estimate of drug-likeness (QED) is 0.813. The molecule has 0 saturated heterocycles. The molecule has 0 amide bonds. The Labute approximate surface area is 104 Å². The van der Waals surface area contributed by atoms with Crippen LogP contribution < -0.4 is 10.1 Å². The van der Waals surface area contributed by atoms with Crippen molar-refractivity contribution in [3.8, 4) is 5.75 Å². The van der Waals surface area contributed by atoms with Crippen molar-refractivity contribution in [3.63, 3.8) is 0 Å². The highest BCUT2D eigenvalue weighted by molar-refractivity contribution is 5.32. The molecule has 1 aromatic carbocycles. The molecule has 0 aromatic heterocycles. The average molecular weight is 233 g/mol. The molecule has 2 rings (SSSR count). The SMILES string of the molecule is COc1ccccc1CNC(C)CC1CCC1. The van der Waals surface area contributed by atoms with Crippen LogP contribution in [0.1, 0.15) is 38.2 Å². The Morgan fingerprint density at radius 2 is 2.12 bits per heavy atom. The molecular formula is C15H23NO. The summed E-state index contributed by atoms with van der Waals surface area (Å²) in [5.41, 5.74) is 1.25. The molecule has 0 bridgehead atoms. The molecule has 1 aromatic rings. The van der Waals surface area contributed by atoms with Crippen molar-refractivity contribution >= 4 is 0 Å². The average Bonchev–Trinajstić information content (AvgIpc) is 2.31. The van der Waals surface area contributed by atoms with E-state index >= 15 is 0 Å². The Balaban J connectivity index is 1.79.